The number of nitriles is 1. The van der Waals surface area contributed by atoms with Crippen LogP contribution in [0.15, 0.2) is 53.0 Å². The monoisotopic (exact) mass is 543 g/mol. The SMILES string of the molecule is Cc1ccc(S(=O)(=O)N2CCC(c3nc(C(=O)N(CCC#N)Cc4cccnc4)cs3)CC2)cc1Cl. The lowest BCUT2D eigenvalue weighted by atomic mass is 9.99. The molecule has 3 aromatic rings. The fourth-order valence-corrected chi connectivity index (χ4v) is 6.82. The number of carbonyl (C=O) groups is 1. The van der Waals surface area contributed by atoms with Gasteiger partial charge in [0.1, 0.15) is 5.69 Å². The third-order valence-corrected chi connectivity index (χ3v) is 9.51. The third kappa shape index (κ3) is 5.93. The van der Waals surface area contributed by atoms with E-state index in [1.165, 1.54) is 21.7 Å². The second kappa shape index (κ2) is 11.5. The average molecular weight is 544 g/mol. The van der Waals surface area contributed by atoms with Crippen molar-refractivity contribution in [2.24, 2.45) is 0 Å². The van der Waals surface area contributed by atoms with E-state index in [9.17, 15) is 13.2 Å². The van der Waals surface area contributed by atoms with Crippen LogP contribution in [0.2, 0.25) is 5.02 Å². The van der Waals surface area contributed by atoms with Gasteiger partial charge in [-0.05, 0) is 49.1 Å². The van der Waals surface area contributed by atoms with Gasteiger partial charge in [-0.25, -0.2) is 13.4 Å². The number of aryl methyl sites for hydroxylation is 1. The molecule has 0 aliphatic carbocycles. The highest BCUT2D eigenvalue weighted by molar-refractivity contribution is 7.89. The average Bonchev–Trinajstić information content (AvgIpc) is 3.39. The first-order valence-electron chi connectivity index (χ1n) is 11.6. The number of halogens is 1. The summed E-state index contributed by atoms with van der Waals surface area (Å²) in [5, 5.41) is 12.0. The predicted octanol–water partition coefficient (Wildman–Crippen LogP) is 4.62. The van der Waals surface area contributed by atoms with Crippen LogP contribution < -0.4 is 0 Å². The van der Waals surface area contributed by atoms with Crippen molar-refractivity contribution in [2.75, 3.05) is 19.6 Å². The van der Waals surface area contributed by atoms with Crippen molar-refractivity contribution < 1.29 is 13.2 Å². The zero-order chi connectivity index (χ0) is 25.7. The van der Waals surface area contributed by atoms with E-state index in [4.69, 9.17) is 16.9 Å². The smallest absolute Gasteiger partial charge is 0.273 e. The Hall–Kier alpha value is -2.84. The summed E-state index contributed by atoms with van der Waals surface area (Å²) in [6.07, 6.45) is 4.83. The Morgan fingerprint density at radius 2 is 2.08 bits per heavy atom. The van der Waals surface area contributed by atoms with Gasteiger partial charge in [0.05, 0.1) is 22.4 Å². The van der Waals surface area contributed by atoms with Crippen molar-refractivity contribution >= 4 is 38.9 Å². The van der Waals surface area contributed by atoms with E-state index in [0.717, 1.165) is 16.1 Å². The van der Waals surface area contributed by atoms with Crippen LogP contribution in [-0.4, -0.2) is 53.1 Å². The number of piperidine rings is 1. The number of carbonyl (C=O) groups excluding carboxylic acids is 1. The predicted molar refractivity (Wildman–Crippen MR) is 138 cm³/mol. The molecule has 0 N–H and O–H groups in total. The lowest BCUT2D eigenvalue weighted by molar-refractivity contribution is 0.0741. The molecule has 11 heteroatoms. The number of amides is 1. The summed E-state index contributed by atoms with van der Waals surface area (Å²) in [6, 6.07) is 10.6. The van der Waals surface area contributed by atoms with Gasteiger partial charge >= 0.3 is 0 Å². The molecule has 0 saturated carbocycles. The van der Waals surface area contributed by atoms with Crippen molar-refractivity contribution in [3.05, 3.63) is 75.0 Å². The molecule has 0 bridgehead atoms. The van der Waals surface area contributed by atoms with Gasteiger partial charge in [-0.3, -0.25) is 9.78 Å². The molecular weight excluding hydrogens is 518 g/mol. The third-order valence-electron chi connectivity index (χ3n) is 6.20. The fourth-order valence-electron chi connectivity index (χ4n) is 4.11. The van der Waals surface area contributed by atoms with Gasteiger partial charge in [-0.2, -0.15) is 9.57 Å². The topological polar surface area (TPSA) is 107 Å². The van der Waals surface area contributed by atoms with Crippen molar-refractivity contribution in [3.8, 4) is 6.07 Å². The standard InChI is InChI=1S/C25H26ClN5O3S2/c1-18-5-6-21(14-22(18)26)36(33,34)31-12-7-20(8-13-31)24-29-23(17-35-24)25(32)30(11-3-9-27)16-19-4-2-10-28-15-19/h2,4-6,10,14-15,17,20H,3,7-8,11-13,16H2,1H3. The highest BCUT2D eigenvalue weighted by atomic mass is 35.5. The lowest BCUT2D eigenvalue weighted by Crippen LogP contribution is -2.38. The van der Waals surface area contributed by atoms with Crippen LogP contribution in [0.1, 0.15) is 51.8 Å². The molecule has 0 atom stereocenters. The fraction of sp³-hybridized carbons (Fsp3) is 0.360. The molecule has 0 spiro atoms. The van der Waals surface area contributed by atoms with Crippen LogP contribution in [-0.2, 0) is 16.6 Å². The molecule has 4 rings (SSSR count). The van der Waals surface area contributed by atoms with E-state index in [1.54, 1.807) is 34.8 Å². The Bertz CT molecular complexity index is 1360. The van der Waals surface area contributed by atoms with E-state index in [-0.39, 0.29) is 23.1 Å². The molecule has 3 heterocycles. The number of hydrogen-bond donors (Lipinski definition) is 0. The molecule has 8 nitrogen and oxygen atoms in total. The van der Waals surface area contributed by atoms with Crippen molar-refractivity contribution in [3.63, 3.8) is 0 Å². The highest BCUT2D eigenvalue weighted by Gasteiger charge is 2.32. The lowest BCUT2D eigenvalue weighted by Gasteiger charge is -2.30. The van der Waals surface area contributed by atoms with Gasteiger partial charge in [0.15, 0.2) is 0 Å². The van der Waals surface area contributed by atoms with Gasteiger partial charge in [-0.15, -0.1) is 11.3 Å². The second-order valence-corrected chi connectivity index (χ2v) is 11.9. The normalized spacial score (nSPS) is 14.9. The Labute approximate surface area is 220 Å². The molecule has 1 aliphatic heterocycles. The molecule has 36 heavy (non-hydrogen) atoms. The number of rotatable bonds is 8. The second-order valence-electron chi connectivity index (χ2n) is 8.66. The molecule has 1 saturated heterocycles. The summed E-state index contributed by atoms with van der Waals surface area (Å²) in [5.41, 5.74) is 2.05. The van der Waals surface area contributed by atoms with Gasteiger partial charge in [-0.1, -0.05) is 23.7 Å². The maximum Gasteiger partial charge on any atom is 0.273 e. The minimum atomic E-state index is -3.63. The van der Waals surface area contributed by atoms with Gasteiger partial charge in [0, 0.05) is 54.9 Å². The summed E-state index contributed by atoms with van der Waals surface area (Å²) < 4.78 is 27.6. The van der Waals surface area contributed by atoms with Gasteiger partial charge < -0.3 is 4.90 Å². The van der Waals surface area contributed by atoms with E-state index in [2.05, 4.69) is 16.0 Å². The largest absolute Gasteiger partial charge is 0.332 e. The Morgan fingerprint density at radius 3 is 2.75 bits per heavy atom. The quantitative estimate of drug-likeness (QED) is 0.410. The maximum atomic E-state index is 13.2. The van der Waals surface area contributed by atoms with Crippen molar-refractivity contribution in [2.45, 2.75) is 43.5 Å². The van der Waals surface area contributed by atoms with E-state index >= 15 is 0 Å². The molecular formula is C25H26ClN5O3S2. The number of sulfonamides is 1. The first-order chi connectivity index (χ1) is 17.3. The molecule has 1 amide bonds. The molecule has 188 valence electrons. The number of pyridine rings is 1. The molecule has 1 aliphatic rings. The summed E-state index contributed by atoms with van der Waals surface area (Å²) in [6.45, 7) is 3.23. The van der Waals surface area contributed by atoms with Crippen molar-refractivity contribution in [1.29, 1.82) is 5.26 Å². The molecule has 0 unspecified atom stereocenters. The van der Waals surface area contributed by atoms with Crippen molar-refractivity contribution in [1.82, 2.24) is 19.2 Å². The zero-order valence-electron chi connectivity index (χ0n) is 19.8. The zero-order valence-corrected chi connectivity index (χ0v) is 22.2. The van der Waals surface area contributed by atoms with Crippen LogP contribution in [0, 0.1) is 18.3 Å². The highest BCUT2D eigenvalue weighted by Crippen LogP contribution is 2.33. The first-order valence-corrected chi connectivity index (χ1v) is 14.3. The number of hydrogen-bond acceptors (Lipinski definition) is 7. The van der Waals surface area contributed by atoms with Gasteiger partial charge in [0.2, 0.25) is 10.0 Å². The molecule has 0 radical (unpaired) electrons. The summed E-state index contributed by atoms with van der Waals surface area (Å²) in [7, 11) is -3.63. The summed E-state index contributed by atoms with van der Waals surface area (Å²) >= 11 is 7.56. The number of aromatic nitrogens is 2. The summed E-state index contributed by atoms with van der Waals surface area (Å²) in [5.74, 6) is -0.150. The Balaban J connectivity index is 1.42. The number of benzene rings is 1. The first kappa shape index (κ1) is 26.2. The number of thiazole rings is 1. The summed E-state index contributed by atoms with van der Waals surface area (Å²) in [4.78, 5) is 23.7. The maximum absolute atomic E-state index is 13.2. The van der Waals surface area contributed by atoms with Gasteiger partial charge in [0.25, 0.3) is 5.91 Å². The van der Waals surface area contributed by atoms with Crippen LogP contribution in [0.25, 0.3) is 0 Å². The van der Waals surface area contributed by atoms with Crippen LogP contribution in [0.5, 0.6) is 0 Å². The Morgan fingerprint density at radius 1 is 1.31 bits per heavy atom. The molecule has 1 aromatic carbocycles. The van der Waals surface area contributed by atoms with Crippen LogP contribution >= 0.6 is 22.9 Å². The van der Waals surface area contributed by atoms with E-state index < -0.39 is 10.0 Å². The number of nitrogens with zero attached hydrogens (tertiary/aromatic N) is 5. The molecule has 1 fully saturated rings. The van der Waals surface area contributed by atoms with E-state index in [1.807, 2.05) is 19.1 Å². The van der Waals surface area contributed by atoms with Crippen LogP contribution in [0.3, 0.4) is 0 Å². The van der Waals surface area contributed by atoms with Crippen LogP contribution in [0.4, 0.5) is 0 Å². The Kier molecular flexibility index (Phi) is 8.36. The minimum Gasteiger partial charge on any atom is -0.332 e. The van der Waals surface area contributed by atoms with E-state index in [0.29, 0.717) is 49.7 Å². The molecule has 2 aromatic heterocycles. The minimum absolute atomic E-state index is 0.0792.